The van der Waals surface area contributed by atoms with Crippen LogP contribution in [0, 0.1) is 0 Å². The van der Waals surface area contributed by atoms with E-state index in [-0.39, 0.29) is 10.1 Å². The molecule has 2 heterocycles. The summed E-state index contributed by atoms with van der Waals surface area (Å²) >= 11 is 5.95. The summed E-state index contributed by atoms with van der Waals surface area (Å²) in [5.41, 5.74) is 0. The zero-order valence-corrected chi connectivity index (χ0v) is 15.4. The second-order valence-corrected chi connectivity index (χ2v) is 10.7. The molecule has 116 valence electrons. The Kier molecular flexibility index (Phi) is 4.39. The van der Waals surface area contributed by atoms with Gasteiger partial charge in [0.05, 0.1) is 9.66 Å². The lowest BCUT2D eigenvalue weighted by atomic mass is 10.3. The molecule has 1 aromatic rings. The number of sulfonamides is 1. The van der Waals surface area contributed by atoms with Gasteiger partial charge in [0.2, 0.25) is 5.91 Å². The summed E-state index contributed by atoms with van der Waals surface area (Å²) < 4.78 is 27.8. The van der Waals surface area contributed by atoms with Crippen LogP contribution in [0.5, 0.6) is 0 Å². The number of carbonyl (C=O) groups excluding carboxylic acids is 1. The van der Waals surface area contributed by atoms with Gasteiger partial charge in [0.25, 0.3) is 10.0 Å². The molecule has 9 heteroatoms. The predicted octanol–water partition coefficient (Wildman–Crippen LogP) is 2.20. The molecule has 1 atom stereocenters. The van der Waals surface area contributed by atoms with Crippen LogP contribution >= 0.6 is 39.0 Å². The summed E-state index contributed by atoms with van der Waals surface area (Å²) in [6.07, 6.45) is 2.04. The number of likely N-dealkylation sites (N-methyl/N-ethyl adjacent to an activating group) is 1. The van der Waals surface area contributed by atoms with Crippen molar-refractivity contribution in [3.05, 3.63) is 15.9 Å². The van der Waals surface area contributed by atoms with Gasteiger partial charge in [0.1, 0.15) is 10.3 Å². The SMILES string of the molecule is CN(C(=O)C1CSCN1S(=O)(=O)c1ccc(Br)s1)C1CC1. The monoisotopic (exact) mass is 410 g/mol. The van der Waals surface area contributed by atoms with Crippen molar-refractivity contribution in [2.45, 2.75) is 29.1 Å². The minimum Gasteiger partial charge on any atom is -0.341 e. The van der Waals surface area contributed by atoms with Crippen LogP contribution in [0.2, 0.25) is 0 Å². The van der Waals surface area contributed by atoms with E-state index in [1.54, 1.807) is 24.1 Å². The molecule has 1 aliphatic carbocycles. The fourth-order valence-corrected chi connectivity index (χ4v) is 7.56. The zero-order valence-electron chi connectivity index (χ0n) is 11.4. The Hall–Kier alpha value is -0.0900. The lowest BCUT2D eigenvalue weighted by Crippen LogP contribution is -2.48. The average Bonchev–Trinajstić information content (AvgIpc) is 2.99. The first-order chi connectivity index (χ1) is 9.91. The first-order valence-corrected chi connectivity index (χ1v) is 10.7. The summed E-state index contributed by atoms with van der Waals surface area (Å²) in [5, 5.41) is 0. The second kappa shape index (κ2) is 5.84. The fourth-order valence-electron chi connectivity index (χ4n) is 2.29. The number of carbonyl (C=O) groups is 1. The molecule has 21 heavy (non-hydrogen) atoms. The fraction of sp³-hybridized carbons (Fsp3) is 0.583. The lowest BCUT2D eigenvalue weighted by molar-refractivity contribution is -0.133. The highest BCUT2D eigenvalue weighted by atomic mass is 79.9. The van der Waals surface area contributed by atoms with E-state index in [0.29, 0.717) is 17.7 Å². The molecule has 2 fully saturated rings. The van der Waals surface area contributed by atoms with E-state index in [2.05, 4.69) is 15.9 Å². The van der Waals surface area contributed by atoms with E-state index >= 15 is 0 Å². The molecule has 5 nitrogen and oxygen atoms in total. The van der Waals surface area contributed by atoms with Crippen molar-refractivity contribution >= 4 is 55.0 Å². The summed E-state index contributed by atoms with van der Waals surface area (Å²) in [4.78, 5) is 14.2. The van der Waals surface area contributed by atoms with Crippen molar-refractivity contribution < 1.29 is 13.2 Å². The molecule has 0 N–H and O–H groups in total. The van der Waals surface area contributed by atoms with Crippen molar-refractivity contribution in [1.82, 2.24) is 9.21 Å². The van der Waals surface area contributed by atoms with Gasteiger partial charge in [-0.2, -0.15) is 4.31 Å². The Morgan fingerprint density at radius 1 is 1.43 bits per heavy atom. The Bertz CT molecular complexity index is 656. The molecule has 0 aromatic carbocycles. The first kappa shape index (κ1) is 15.8. The smallest absolute Gasteiger partial charge is 0.254 e. The summed E-state index contributed by atoms with van der Waals surface area (Å²) in [6.45, 7) is 0. The minimum absolute atomic E-state index is 0.0818. The standard InChI is InChI=1S/C12H15BrN2O3S3/c1-14(8-2-3-8)12(16)9-6-19-7-15(9)21(17,18)11-5-4-10(13)20-11/h4-5,8-9H,2-3,6-7H2,1H3. The van der Waals surface area contributed by atoms with E-state index in [1.807, 2.05) is 0 Å². The van der Waals surface area contributed by atoms with Crippen LogP contribution in [0.4, 0.5) is 0 Å². The van der Waals surface area contributed by atoms with Crippen LogP contribution < -0.4 is 0 Å². The van der Waals surface area contributed by atoms with Gasteiger partial charge in [-0.1, -0.05) is 0 Å². The van der Waals surface area contributed by atoms with Crippen molar-refractivity contribution in [2.24, 2.45) is 0 Å². The average molecular weight is 411 g/mol. The van der Waals surface area contributed by atoms with Gasteiger partial charge >= 0.3 is 0 Å². The summed E-state index contributed by atoms with van der Waals surface area (Å²) in [5.74, 6) is 0.788. The van der Waals surface area contributed by atoms with Crippen LogP contribution in [-0.2, 0) is 14.8 Å². The highest BCUT2D eigenvalue weighted by Crippen LogP contribution is 2.35. The van der Waals surface area contributed by atoms with Crippen molar-refractivity contribution in [3.8, 4) is 0 Å². The van der Waals surface area contributed by atoms with Crippen LogP contribution in [0.25, 0.3) is 0 Å². The highest BCUT2D eigenvalue weighted by Gasteiger charge is 2.43. The minimum atomic E-state index is -3.60. The quantitative estimate of drug-likeness (QED) is 0.762. The molecular formula is C12H15BrN2O3S3. The highest BCUT2D eigenvalue weighted by molar-refractivity contribution is 9.11. The second-order valence-electron chi connectivity index (χ2n) is 5.15. The van der Waals surface area contributed by atoms with Crippen molar-refractivity contribution in [3.63, 3.8) is 0 Å². The molecule has 1 saturated heterocycles. The lowest BCUT2D eigenvalue weighted by Gasteiger charge is -2.26. The van der Waals surface area contributed by atoms with Gasteiger partial charge < -0.3 is 4.90 Å². The molecule has 2 aliphatic rings. The summed E-state index contributed by atoms with van der Waals surface area (Å²) in [7, 11) is -1.82. The van der Waals surface area contributed by atoms with Crippen molar-refractivity contribution in [1.29, 1.82) is 0 Å². The number of rotatable bonds is 4. The third-order valence-electron chi connectivity index (χ3n) is 3.68. The molecule has 0 spiro atoms. The molecule has 0 radical (unpaired) electrons. The molecule has 1 aliphatic heterocycles. The van der Waals surface area contributed by atoms with Gasteiger partial charge in [-0.3, -0.25) is 4.79 Å². The number of hydrogen-bond donors (Lipinski definition) is 0. The molecule has 1 unspecified atom stereocenters. The van der Waals surface area contributed by atoms with Crippen LogP contribution in [0.3, 0.4) is 0 Å². The normalized spacial score (nSPS) is 23.4. The summed E-state index contributed by atoms with van der Waals surface area (Å²) in [6, 6.07) is 3.02. The van der Waals surface area contributed by atoms with E-state index in [9.17, 15) is 13.2 Å². The molecule has 0 bridgehead atoms. The van der Waals surface area contributed by atoms with Crippen LogP contribution in [0.1, 0.15) is 12.8 Å². The number of halogens is 1. The number of amides is 1. The van der Waals surface area contributed by atoms with E-state index in [0.717, 1.165) is 16.6 Å². The number of thiophene rings is 1. The van der Waals surface area contributed by atoms with Crippen molar-refractivity contribution in [2.75, 3.05) is 18.7 Å². The Morgan fingerprint density at radius 2 is 2.14 bits per heavy atom. The third kappa shape index (κ3) is 3.03. The topological polar surface area (TPSA) is 57.7 Å². The van der Waals surface area contributed by atoms with Crippen LogP contribution in [0.15, 0.2) is 20.1 Å². The van der Waals surface area contributed by atoms with E-state index in [4.69, 9.17) is 0 Å². The van der Waals surface area contributed by atoms with Gasteiger partial charge in [0.15, 0.2) is 0 Å². The van der Waals surface area contributed by atoms with Gasteiger partial charge in [0, 0.05) is 18.8 Å². The number of hydrogen-bond acceptors (Lipinski definition) is 5. The maximum atomic E-state index is 12.7. The molecule has 1 saturated carbocycles. The Morgan fingerprint density at radius 3 is 2.71 bits per heavy atom. The van der Waals surface area contributed by atoms with Gasteiger partial charge in [-0.05, 0) is 40.9 Å². The molecule has 1 amide bonds. The Balaban J connectivity index is 1.84. The van der Waals surface area contributed by atoms with E-state index < -0.39 is 16.1 Å². The first-order valence-electron chi connectivity index (χ1n) is 6.53. The van der Waals surface area contributed by atoms with Crippen LogP contribution in [-0.4, -0.2) is 54.3 Å². The van der Waals surface area contributed by atoms with E-state index in [1.165, 1.54) is 27.4 Å². The third-order valence-corrected chi connectivity index (χ3v) is 8.80. The maximum absolute atomic E-state index is 12.7. The maximum Gasteiger partial charge on any atom is 0.254 e. The number of nitrogens with zero attached hydrogens (tertiary/aromatic N) is 2. The largest absolute Gasteiger partial charge is 0.341 e. The zero-order chi connectivity index (χ0) is 15.2. The van der Waals surface area contributed by atoms with Gasteiger partial charge in [-0.25, -0.2) is 8.42 Å². The number of thioether (sulfide) groups is 1. The molecular weight excluding hydrogens is 396 g/mol. The predicted molar refractivity (Wildman–Crippen MR) is 87.9 cm³/mol. The molecule has 3 rings (SSSR count). The molecule has 1 aromatic heterocycles. The van der Waals surface area contributed by atoms with Gasteiger partial charge in [-0.15, -0.1) is 23.1 Å². The Labute approximate surface area is 140 Å².